The highest BCUT2D eigenvalue weighted by Gasteiger charge is 2.70. The number of aliphatic carboxylic acids is 1. The second kappa shape index (κ2) is 4.99. The molecule has 0 saturated heterocycles. The van der Waals surface area contributed by atoms with Gasteiger partial charge in [0, 0.05) is 5.69 Å². The summed E-state index contributed by atoms with van der Waals surface area (Å²) in [5.74, 6) is -2.30. The molecule has 4 nitrogen and oxygen atoms in total. The van der Waals surface area contributed by atoms with Crippen molar-refractivity contribution in [3.05, 3.63) is 40.4 Å². The van der Waals surface area contributed by atoms with Crippen LogP contribution in [0.5, 0.6) is 0 Å². The number of halogens is 2. The summed E-state index contributed by atoms with van der Waals surface area (Å²) in [6.45, 7) is 0. The molecule has 3 aliphatic rings. The predicted molar refractivity (Wildman–Crippen MR) is 87.5 cm³/mol. The average molecular weight is 352 g/mol. The zero-order valence-electron chi connectivity index (χ0n) is 12.1. The van der Waals surface area contributed by atoms with Crippen LogP contribution in [0.4, 0.5) is 5.69 Å². The van der Waals surface area contributed by atoms with Gasteiger partial charge in [-0.25, -0.2) is 0 Å². The van der Waals surface area contributed by atoms with Crippen molar-refractivity contribution in [1.82, 2.24) is 0 Å². The van der Waals surface area contributed by atoms with Crippen molar-refractivity contribution in [2.24, 2.45) is 29.1 Å². The van der Waals surface area contributed by atoms with Gasteiger partial charge in [-0.15, -0.1) is 0 Å². The molecule has 6 heteroatoms. The molecular weight excluding hydrogens is 337 g/mol. The highest BCUT2D eigenvalue weighted by Crippen LogP contribution is 2.72. The Kier molecular flexibility index (Phi) is 3.26. The number of hydrogen-bond donors (Lipinski definition) is 2. The Morgan fingerprint density at radius 2 is 1.74 bits per heavy atom. The van der Waals surface area contributed by atoms with Gasteiger partial charge in [0.25, 0.3) is 0 Å². The molecule has 0 radical (unpaired) electrons. The number of anilines is 1. The first-order chi connectivity index (χ1) is 10.9. The Bertz CT molecular complexity index is 741. The molecule has 0 unspecified atom stereocenters. The summed E-state index contributed by atoms with van der Waals surface area (Å²) in [6, 6.07) is 4.85. The molecule has 1 aromatic carbocycles. The van der Waals surface area contributed by atoms with E-state index in [1.54, 1.807) is 18.2 Å². The van der Waals surface area contributed by atoms with Gasteiger partial charge in [0.15, 0.2) is 0 Å². The molecule has 1 aromatic rings. The summed E-state index contributed by atoms with van der Waals surface area (Å²) < 4.78 is 0. The smallest absolute Gasteiger partial charge is 0.307 e. The van der Waals surface area contributed by atoms with Crippen LogP contribution in [-0.4, -0.2) is 17.0 Å². The summed E-state index contributed by atoms with van der Waals surface area (Å²) >= 11 is 11.8. The first-order valence-electron chi connectivity index (χ1n) is 7.61. The average Bonchev–Trinajstić information content (AvgIpc) is 3.16. The number of allylic oxidation sites excluding steroid dienone is 2. The van der Waals surface area contributed by atoms with Crippen molar-refractivity contribution in [3.63, 3.8) is 0 Å². The van der Waals surface area contributed by atoms with Crippen molar-refractivity contribution in [2.45, 2.75) is 12.8 Å². The normalized spacial score (nSPS) is 32.3. The number of carboxylic acid groups (broad SMARTS) is 1. The van der Waals surface area contributed by atoms with Gasteiger partial charge in [-0.05, 0) is 48.3 Å². The van der Waals surface area contributed by atoms with Crippen LogP contribution in [0.15, 0.2) is 30.4 Å². The van der Waals surface area contributed by atoms with Crippen LogP contribution in [0, 0.1) is 29.1 Å². The topological polar surface area (TPSA) is 66.4 Å². The van der Waals surface area contributed by atoms with E-state index in [-0.39, 0.29) is 23.2 Å². The fourth-order valence-corrected chi connectivity index (χ4v) is 4.79. The highest BCUT2D eigenvalue weighted by molar-refractivity contribution is 6.42. The van der Waals surface area contributed by atoms with Gasteiger partial charge in [-0.1, -0.05) is 35.4 Å². The van der Waals surface area contributed by atoms with E-state index < -0.39 is 17.8 Å². The molecule has 4 atom stereocenters. The first kappa shape index (κ1) is 15.0. The van der Waals surface area contributed by atoms with Crippen molar-refractivity contribution in [1.29, 1.82) is 0 Å². The molecule has 4 rings (SSSR count). The van der Waals surface area contributed by atoms with E-state index in [4.69, 9.17) is 23.2 Å². The minimum Gasteiger partial charge on any atom is -0.481 e. The highest BCUT2D eigenvalue weighted by atomic mass is 35.5. The fourth-order valence-electron chi connectivity index (χ4n) is 4.49. The molecule has 3 aliphatic carbocycles. The number of carboxylic acids is 1. The maximum atomic E-state index is 12.7. The summed E-state index contributed by atoms with van der Waals surface area (Å²) in [6.07, 6.45) is 6.06. The second-order valence-corrected chi connectivity index (χ2v) is 7.49. The van der Waals surface area contributed by atoms with E-state index in [0.717, 1.165) is 12.8 Å². The quantitative estimate of drug-likeness (QED) is 0.813. The van der Waals surface area contributed by atoms with Crippen LogP contribution in [0.25, 0.3) is 0 Å². The zero-order valence-corrected chi connectivity index (χ0v) is 13.6. The summed E-state index contributed by atoms with van der Waals surface area (Å²) in [5.41, 5.74) is 0.549. The number of nitrogens with one attached hydrogen (secondary N) is 1. The van der Waals surface area contributed by atoms with Gasteiger partial charge in [0.05, 0.1) is 21.9 Å². The van der Waals surface area contributed by atoms with Crippen LogP contribution in [0.3, 0.4) is 0 Å². The standard InChI is InChI=1S/C17H15Cl2NO3/c18-11-4-1-8(7-12(11)19)20-15(21)13-9-2-3-10(14(13)16(22)23)17(9)5-6-17/h1-4,7,9-10,13-14H,5-6H2,(H,20,21)(H,22,23)/t9-,10+,13+,14-/m0/s1. The minimum absolute atomic E-state index is 0.0166. The number of carbonyl (C=O) groups excluding carboxylic acids is 1. The van der Waals surface area contributed by atoms with Gasteiger partial charge in [-0.2, -0.15) is 0 Å². The van der Waals surface area contributed by atoms with Crippen LogP contribution in [-0.2, 0) is 9.59 Å². The zero-order chi connectivity index (χ0) is 16.4. The van der Waals surface area contributed by atoms with E-state index in [1.165, 1.54) is 0 Å². The number of amides is 1. The minimum atomic E-state index is -0.887. The molecule has 0 aliphatic heterocycles. The number of carbonyl (C=O) groups is 2. The van der Waals surface area contributed by atoms with Crippen LogP contribution in [0.2, 0.25) is 10.0 Å². The van der Waals surface area contributed by atoms with E-state index >= 15 is 0 Å². The number of rotatable bonds is 3. The Balaban J connectivity index is 1.61. The third-order valence-corrected chi connectivity index (χ3v) is 6.36. The van der Waals surface area contributed by atoms with Crippen molar-refractivity contribution in [3.8, 4) is 0 Å². The van der Waals surface area contributed by atoms with E-state index in [2.05, 4.69) is 5.32 Å². The lowest BCUT2D eigenvalue weighted by Gasteiger charge is -2.23. The maximum absolute atomic E-state index is 12.7. The third-order valence-electron chi connectivity index (χ3n) is 5.62. The van der Waals surface area contributed by atoms with Gasteiger partial charge < -0.3 is 10.4 Å². The molecule has 1 amide bonds. The van der Waals surface area contributed by atoms with E-state index in [9.17, 15) is 14.7 Å². The lowest BCUT2D eigenvalue weighted by molar-refractivity contribution is -0.146. The van der Waals surface area contributed by atoms with E-state index in [1.807, 2.05) is 12.2 Å². The van der Waals surface area contributed by atoms with Crippen LogP contribution >= 0.6 is 23.2 Å². The summed E-state index contributed by atoms with van der Waals surface area (Å²) in [5, 5.41) is 13.2. The Labute approximate surface area is 143 Å². The maximum Gasteiger partial charge on any atom is 0.307 e. The van der Waals surface area contributed by atoms with Crippen molar-refractivity contribution in [2.75, 3.05) is 5.32 Å². The van der Waals surface area contributed by atoms with Gasteiger partial charge in [0.1, 0.15) is 0 Å². The van der Waals surface area contributed by atoms with Gasteiger partial charge in [0.2, 0.25) is 5.91 Å². The SMILES string of the molecule is O=C(O)[C@@H]1[C@H](C(=O)Nc2ccc(Cl)c(Cl)c2)[C@@H]2C=C[C@H]1C21CC1. The van der Waals surface area contributed by atoms with Crippen LogP contribution < -0.4 is 5.32 Å². The molecule has 2 N–H and O–H groups in total. The van der Waals surface area contributed by atoms with Gasteiger partial charge in [-0.3, -0.25) is 9.59 Å². The Morgan fingerprint density at radius 3 is 2.30 bits per heavy atom. The largest absolute Gasteiger partial charge is 0.481 e. The van der Waals surface area contributed by atoms with Gasteiger partial charge >= 0.3 is 5.97 Å². The van der Waals surface area contributed by atoms with Crippen molar-refractivity contribution >= 4 is 40.8 Å². The Morgan fingerprint density at radius 1 is 1.09 bits per heavy atom. The molecule has 2 bridgehead atoms. The first-order valence-corrected chi connectivity index (χ1v) is 8.37. The molecule has 1 spiro atoms. The summed E-state index contributed by atoms with van der Waals surface area (Å²) in [7, 11) is 0. The monoisotopic (exact) mass is 351 g/mol. The lowest BCUT2D eigenvalue weighted by Crippen LogP contribution is -2.36. The molecule has 0 heterocycles. The molecule has 0 aromatic heterocycles. The molecule has 2 saturated carbocycles. The number of hydrogen-bond acceptors (Lipinski definition) is 2. The molecular formula is C17H15Cl2NO3. The Hall–Kier alpha value is -1.52. The lowest BCUT2D eigenvalue weighted by atomic mass is 9.82. The summed E-state index contributed by atoms with van der Waals surface area (Å²) in [4.78, 5) is 24.5. The number of benzene rings is 1. The van der Waals surface area contributed by atoms with Crippen LogP contribution in [0.1, 0.15) is 12.8 Å². The fraction of sp³-hybridized carbons (Fsp3) is 0.412. The third kappa shape index (κ3) is 2.12. The molecule has 2 fully saturated rings. The second-order valence-electron chi connectivity index (χ2n) is 6.68. The predicted octanol–water partition coefficient (Wildman–Crippen LogP) is 3.84. The van der Waals surface area contributed by atoms with E-state index in [0.29, 0.717) is 15.7 Å². The molecule has 23 heavy (non-hydrogen) atoms. The molecule has 120 valence electrons. The van der Waals surface area contributed by atoms with Crippen molar-refractivity contribution < 1.29 is 14.7 Å².